The van der Waals surface area contributed by atoms with Gasteiger partial charge in [-0.3, -0.25) is 9.59 Å². The van der Waals surface area contributed by atoms with Crippen molar-refractivity contribution in [3.8, 4) is 5.75 Å². The van der Waals surface area contributed by atoms with E-state index < -0.39 is 23.6 Å². The zero-order valence-electron chi connectivity index (χ0n) is 21.9. The van der Waals surface area contributed by atoms with E-state index in [4.69, 9.17) is 4.74 Å². The van der Waals surface area contributed by atoms with E-state index in [1.807, 2.05) is 6.92 Å². The number of nitrogens with one attached hydrogen (secondary N) is 2. The molecule has 1 aliphatic carbocycles. The highest BCUT2D eigenvalue weighted by Gasteiger charge is 2.29. The lowest BCUT2D eigenvalue weighted by Gasteiger charge is -2.16. The minimum atomic E-state index is -0.788. The molecule has 210 valence electrons. The first kappa shape index (κ1) is 28.0. The van der Waals surface area contributed by atoms with E-state index in [9.17, 15) is 23.9 Å². The summed E-state index contributed by atoms with van der Waals surface area (Å²) in [5.74, 6) is -2.42. The molecular weight excluding hydrogens is 597 g/mol. The zero-order chi connectivity index (χ0) is 29.3. The standard InChI is InChI=1S/C29H25BrFN5O5/c1-3-10-41-29(40)18-5-6-19-17(15(18)2)7-9-22(19)35-28(39)24-12-23(34-26-21(31)14-33-36(24)26)27(38)32-13-16-4-8-20(30)25(37)11-16/h3-6,8,11-12,14,22,37H,1,7,9-10,13H2,2H3,(H,32,38)(H,35,39)/t22-/m0/s1. The molecule has 2 heterocycles. The van der Waals surface area contributed by atoms with Crippen LogP contribution in [0.25, 0.3) is 5.65 Å². The van der Waals surface area contributed by atoms with Crippen LogP contribution in [-0.4, -0.2) is 44.1 Å². The maximum absolute atomic E-state index is 14.5. The van der Waals surface area contributed by atoms with Crippen molar-refractivity contribution in [2.45, 2.75) is 32.4 Å². The predicted octanol–water partition coefficient (Wildman–Crippen LogP) is 4.34. The number of amides is 2. The Kier molecular flexibility index (Phi) is 7.84. The number of esters is 1. The van der Waals surface area contributed by atoms with Crippen molar-refractivity contribution in [3.63, 3.8) is 0 Å². The summed E-state index contributed by atoms with van der Waals surface area (Å²) in [6, 6.07) is 9.19. The molecule has 0 aliphatic heterocycles. The summed E-state index contributed by atoms with van der Waals surface area (Å²) in [4.78, 5) is 42.9. The number of nitrogens with zero attached hydrogens (tertiary/aromatic N) is 3. The van der Waals surface area contributed by atoms with Crippen molar-refractivity contribution >= 4 is 39.4 Å². The van der Waals surface area contributed by atoms with Crippen LogP contribution in [0, 0.1) is 12.7 Å². The van der Waals surface area contributed by atoms with E-state index in [0.717, 1.165) is 27.4 Å². The van der Waals surface area contributed by atoms with Gasteiger partial charge < -0.3 is 20.5 Å². The Morgan fingerprint density at radius 3 is 2.80 bits per heavy atom. The Balaban J connectivity index is 1.38. The summed E-state index contributed by atoms with van der Waals surface area (Å²) in [5, 5.41) is 19.4. The number of rotatable bonds is 8. The minimum Gasteiger partial charge on any atom is -0.507 e. The number of ether oxygens (including phenoxy) is 1. The number of hydrogen-bond donors (Lipinski definition) is 3. The first-order valence-electron chi connectivity index (χ1n) is 12.7. The van der Waals surface area contributed by atoms with Crippen molar-refractivity contribution in [2.75, 3.05) is 6.61 Å². The average molecular weight is 622 g/mol. The van der Waals surface area contributed by atoms with Gasteiger partial charge in [0.15, 0.2) is 11.5 Å². The smallest absolute Gasteiger partial charge is 0.338 e. The van der Waals surface area contributed by atoms with Crippen molar-refractivity contribution in [1.82, 2.24) is 25.2 Å². The van der Waals surface area contributed by atoms with Crippen LogP contribution in [-0.2, 0) is 17.7 Å². The van der Waals surface area contributed by atoms with Gasteiger partial charge in [-0.1, -0.05) is 24.8 Å². The van der Waals surface area contributed by atoms with E-state index in [0.29, 0.717) is 28.4 Å². The molecule has 0 saturated heterocycles. The quantitative estimate of drug-likeness (QED) is 0.197. The molecule has 0 fully saturated rings. The number of phenolic OH excluding ortho intramolecular Hbond substituents is 1. The van der Waals surface area contributed by atoms with Gasteiger partial charge in [0, 0.05) is 12.6 Å². The molecule has 41 heavy (non-hydrogen) atoms. The molecule has 2 amide bonds. The molecule has 3 N–H and O–H groups in total. The first-order chi connectivity index (χ1) is 19.7. The second-order valence-electron chi connectivity index (χ2n) is 9.48. The van der Waals surface area contributed by atoms with Crippen molar-refractivity contribution in [2.24, 2.45) is 0 Å². The van der Waals surface area contributed by atoms with Gasteiger partial charge >= 0.3 is 5.97 Å². The number of aromatic nitrogens is 3. The van der Waals surface area contributed by atoms with E-state index in [1.165, 1.54) is 18.2 Å². The second-order valence-corrected chi connectivity index (χ2v) is 10.3. The number of carbonyl (C=O) groups is 3. The van der Waals surface area contributed by atoms with E-state index >= 15 is 0 Å². The van der Waals surface area contributed by atoms with Gasteiger partial charge in [0.25, 0.3) is 11.8 Å². The summed E-state index contributed by atoms with van der Waals surface area (Å²) >= 11 is 3.20. The van der Waals surface area contributed by atoms with Crippen LogP contribution in [0.1, 0.15) is 66.1 Å². The number of halogens is 2. The fourth-order valence-electron chi connectivity index (χ4n) is 4.85. The van der Waals surface area contributed by atoms with E-state index in [2.05, 4.69) is 43.2 Å². The maximum atomic E-state index is 14.5. The molecule has 5 rings (SSSR count). The van der Waals surface area contributed by atoms with Crippen molar-refractivity contribution < 1.29 is 28.6 Å². The van der Waals surface area contributed by atoms with Crippen molar-refractivity contribution in [1.29, 1.82) is 0 Å². The van der Waals surface area contributed by atoms with Crippen LogP contribution in [0.15, 0.2) is 59.7 Å². The highest BCUT2D eigenvalue weighted by molar-refractivity contribution is 9.10. The Hall–Kier alpha value is -4.58. The lowest BCUT2D eigenvalue weighted by Crippen LogP contribution is -2.30. The van der Waals surface area contributed by atoms with Gasteiger partial charge in [0.2, 0.25) is 0 Å². The summed E-state index contributed by atoms with van der Waals surface area (Å²) in [5.41, 5.74) is 3.17. The van der Waals surface area contributed by atoms with Crippen LogP contribution in [0.5, 0.6) is 5.75 Å². The first-order valence-corrected chi connectivity index (χ1v) is 13.5. The molecule has 2 aromatic heterocycles. The molecule has 10 nitrogen and oxygen atoms in total. The fraction of sp³-hybridized carbons (Fsp3) is 0.207. The normalized spacial score (nSPS) is 14.0. The van der Waals surface area contributed by atoms with Gasteiger partial charge in [-0.05, 0) is 76.1 Å². The number of carbonyl (C=O) groups excluding carboxylic acids is 3. The van der Waals surface area contributed by atoms with Crippen LogP contribution in [0.4, 0.5) is 4.39 Å². The lowest BCUT2D eigenvalue weighted by atomic mass is 9.98. The van der Waals surface area contributed by atoms with Gasteiger partial charge in [0.1, 0.15) is 23.7 Å². The van der Waals surface area contributed by atoms with Crippen LogP contribution >= 0.6 is 15.9 Å². The van der Waals surface area contributed by atoms with E-state index in [1.54, 1.807) is 24.3 Å². The molecule has 0 saturated carbocycles. The zero-order valence-corrected chi connectivity index (χ0v) is 23.5. The van der Waals surface area contributed by atoms with Gasteiger partial charge in [0.05, 0.1) is 22.3 Å². The van der Waals surface area contributed by atoms with E-state index in [-0.39, 0.29) is 42.0 Å². The number of aromatic hydroxyl groups is 1. The number of benzene rings is 2. The third kappa shape index (κ3) is 5.55. The molecule has 12 heteroatoms. The molecule has 0 unspecified atom stereocenters. The van der Waals surface area contributed by atoms with Crippen LogP contribution in [0.2, 0.25) is 0 Å². The second kappa shape index (κ2) is 11.5. The predicted molar refractivity (Wildman–Crippen MR) is 150 cm³/mol. The average Bonchev–Trinajstić information content (AvgIpc) is 3.55. The fourth-order valence-corrected chi connectivity index (χ4v) is 5.10. The lowest BCUT2D eigenvalue weighted by molar-refractivity contribution is 0.0548. The Morgan fingerprint density at radius 1 is 1.24 bits per heavy atom. The van der Waals surface area contributed by atoms with Crippen LogP contribution in [0.3, 0.4) is 0 Å². The third-order valence-electron chi connectivity index (χ3n) is 6.91. The van der Waals surface area contributed by atoms with Gasteiger partial charge in [-0.15, -0.1) is 0 Å². The topological polar surface area (TPSA) is 135 Å². The summed E-state index contributed by atoms with van der Waals surface area (Å²) < 4.78 is 21.2. The highest BCUT2D eigenvalue weighted by Crippen LogP contribution is 2.35. The maximum Gasteiger partial charge on any atom is 0.338 e. The summed E-state index contributed by atoms with van der Waals surface area (Å²) in [7, 11) is 0. The summed E-state index contributed by atoms with van der Waals surface area (Å²) in [6.07, 6.45) is 3.64. The third-order valence-corrected chi connectivity index (χ3v) is 7.58. The molecule has 2 aromatic carbocycles. The van der Waals surface area contributed by atoms with Crippen LogP contribution < -0.4 is 10.6 Å². The number of fused-ring (bicyclic) bond motifs is 2. The molecule has 4 aromatic rings. The van der Waals surface area contributed by atoms with Gasteiger partial charge in [-0.25, -0.2) is 18.7 Å². The molecule has 0 spiro atoms. The monoisotopic (exact) mass is 621 g/mol. The highest BCUT2D eigenvalue weighted by atomic mass is 79.9. The number of hydrogen-bond acceptors (Lipinski definition) is 7. The molecule has 1 aliphatic rings. The largest absolute Gasteiger partial charge is 0.507 e. The Morgan fingerprint density at radius 2 is 2.05 bits per heavy atom. The summed E-state index contributed by atoms with van der Waals surface area (Å²) in [6.45, 7) is 5.57. The molecule has 0 bridgehead atoms. The minimum absolute atomic E-state index is 0.0177. The molecular formula is C29H25BrFN5O5. The Labute approximate surface area is 242 Å². The SMILES string of the molecule is C=CCOC(=O)c1ccc2c(c1C)CC[C@@H]2NC(=O)c1cc(C(=O)NCc2ccc(Br)c(O)c2)nc2c(F)cnn12. The number of phenols is 1. The molecule has 0 radical (unpaired) electrons. The van der Waals surface area contributed by atoms with Crippen molar-refractivity contribution in [3.05, 3.63) is 105 Å². The van der Waals surface area contributed by atoms with Gasteiger partial charge in [-0.2, -0.15) is 5.10 Å². The molecule has 1 atom stereocenters. The Bertz CT molecular complexity index is 1720.